The summed E-state index contributed by atoms with van der Waals surface area (Å²) in [7, 11) is 4.00. The maximum absolute atomic E-state index is 4.56. The van der Waals surface area contributed by atoms with E-state index >= 15 is 0 Å². The molecule has 1 aliphatic rings. The van der Waals surface area contributed by atoms with Gasteiger partial charge in [-0.1, -0.05) is 28.1 Å². The van der Waals surface area contributed by atoms with E-state index in [9.17, 15) is 0 Å². The predicted molar refractivity (Wildman–Crippen MR) is 112 cm³/mol. The normalized spacial score (nSPS) is 20.0. The van der Waals surface area contributed by atoms with Crippen LogP contribution < -0.4 is 15.5 Å². The topological polar surface area (TPSA) is 53.1 Å². The molecule has 140 valence electrons. The van der Waals surface area contributed by atoms with E-state index in [1.807, 2.05) is 31.3 Å². The van der Waals surface area contributed by atoms with Crippen LogP contribution in [-0.2, 0) is 6.54 Å². The van der Waals surface area contributed by atoms with Crippen molar-refractivity contribution in [2.75, 3.05) is 30.9 Å². The van der Waals surface area contributed by atoms with E-state index in [0.29, 0.717) is 6.04 Å². The van der Waals surface area contributed by atoms with Gasteiger partial charge in [-0.25, -0.2) is 4.98 Å². The third kappa shape index (κ3) is 5.68. The molecule has 0 saturated heterocycles. The molecular weight excluding hydrogens is 390 g/mol. The van der Waals surface area contributed by atoms with Gasteiger partial charge in [-0.3, -0.25) is 0 Å². The van der Waals surface area contributed by atoms with Crippen molar-refractivity contribution in [2.24, 2.45) is 5.92 Å². The molecule has 1 fully saturated rings. The van der Waals surface area contributed by atoms with Crippen molar-refractivity contribution >= 4 is 27.7 Å². The van der Waals surface area contributed by atoms with Crippen molar-refractivity contribution in [3.8, 4) is 0 Å². The van der Waals surface area contributed by atoms with Crippen LogP contribution in [0.25, 0.3) is 0 Å². The second-order valence-electron chi connectivity index (χ2n) is 7.26. The minimum absolute atomic E-state index is 0.480. The summed E-state index contributed by atoms with van der Waals surface area (Å²) in [6.45, 7) is 2.02. The van der Waals surface area contributed by atoms with Gasteiger partial charge in [0.2, 0.25) is 5.95 Å². The fourth-order valence-corrected chi connectivity index (χ4v) is 3.88. The zero-order chi connectivity index (χ0) is 18.4. The van der Waals surface area contributed by atoms with Gasteiger partial charge in [0.1, 0.15) is 5.82 Å². The molecule has 0 atom stereocenters. The summed E-state index contributed by atoms with van der Waals surface area (Å²) < 4.78 is 1.14. The van der Waals surface area contributed by atoms with Crippen molar-refractivity contribution in [1.29, 1.82) is 0 Å². The summed E-state index contributed by atoms with van der Waals surface area (Å²) in [6, 6.07) is 10.9. The zero-order valence-electron chi connectivity index (χ0n) is 15.6. The zero-order valence-corrected chi connectivity index (χ0v) is 17.2. The molecule has 0 amide bonds. The van der Waals surface area contributed by atoms with E-state index < -0.39 is 0 Å². The first-order valence-electron chi connectivity index (χ1n) is 9.32. The largest absolute Gasteiger partial charge is 0.363 e. The monoisotopic (exact) mass is 417 g/mol. The highest BCUT2D eigenvalue weighted by molar-refractivity contribution is 9.10. The maximum Gasteiger partial charge on any atom is 0.224 e. The van der Waals surface area contributed by atoms with Crippen LogP contribution >= 0.6 is 15.9 Å². The van der Waals surface area contributed by atoms with Crippen molar-refractivity contribution in [3.05, 3.63) is 46.6 Å². The van der Waals surface area contributed by atoms with Crippen LogP contribution in [0.2, 0.25) is 0 Å². The number of benzene rings is 1. The average Bonchev–Trinajstić information content (AvgIpc) is 2.63. The SMILES string of the molecule is CN(C)c1ccnc(NC2CCC(CNCc3cccc(Br)c3)CC2)n1. The Morgan fingerprint density at radius 1 is 1.15 bits per heavy atom. The van der Waals surface area contributed by atoms with Crippen molar-refractivity contribution in [1.82, 2.24) is 15.3 Å². The Morgan fingerprint density at radius 3 is 2.69 bits per heavy atom. The molecule has 5 nitrogen and oxygen atoms in total. The van der Waals surface area contributed by atoms with Gasteiger partial charge < -0.3 is 15.5 Å². The van der Waals surface area contributed by atoms with Crippen molar-refractivity contribution in [3.63, 3.8) is 0 Å². The molecule has 0 unspecified atom stereocenters. The van der Waals surface area contributed by atoms with Gasteiger partial charge in [0, 0.05) is 37.4 Å². The third-order valence-electron chi connectivity index (χ3n) is 4.93. The molecule has 1 aliphatic carbocycles. The minimum atomic E-state index is 0.480. The molecule has 0 aliphatic heterocycles. The van der Waals surface area contributed by atoms with Crippen molar-refractivity contribution < 1.29 is 0 Å². The molecule has 0 radical (unpaired) electrons. The van der Waals surface area contributed by atoms with E-state index in [1.165, 1.54) is 31.2 Å². The van der Waals surface area contributed by atoms with Gasteiger partial charge in [0.15, 0.2) is 0 Å². The molecule has 1 saturated carbocycles. The number of anilines is 2. The molecule has 3 rings (SSSR count). The Hall–Kier alpha value is -1.66. The number of rotatable bonds is 7. The Kier molecular flexibility index (Phi) is 6.86. The van der Waals surface area contributed by atoms with E-state index in [1.54, 1.807) is 0 Å². The van der Waals surface area contributed by atoms with Crippen molar-refractivity contribution in [2.45, 2.75) is 38.3 Å². The molecule has 1 aromatic heterocycles. The smallest absolute Gasteiger partial charge is 0.224 e. The van der Waals surface area contributed by atoms with Crippen LogP contribution in [0.1, 0.15) is 31.2 Å². The van der Waals surface area contributed by atoms with Crippen LogP contribution in [-0.4, -0.2) is 36.6 Å². The highest BCUT2D eigenvalue weighted by Gasteiger charge is 2.21. The summed E-state index contributed by atoms with van der Waals surface area (Å²) in [5, 5.41) is 7.12. The lowest BCUT2D eigenvalue weighted by Crippen LogP contribution is -2.31. The van der Waals surface area contributed by atoms with E-state index in [0.717, 1.165) is 35.2 Å². The summed E-state index contributed by atoms with van der Waals surface area (Å²) in [4.78, 5) is 10.9. The molecule has 2 aromatic rings. The fourth-order valence-electron chi connectivity index (χ4n) is 3.43. The molecule has 0 spiro atoms. The van der Waals surface area contributed by atoms with Gasteiger partial charge in [-0.05, 0) is 61.9 Å². The number of aromatic nitrogens is 2. The van der Waals surface area contributed by atoms with E-state index in [4.69, 9.17) is 0 Å². The average molecular weight is 418 g/mol. The maximum atomic E-state index is 4.56. The molecule has 1 heterocycles. The number of hydrogen-bond acceptors (Lipinski definition) is 5. The Balaban J connectivity index is 1.39. The van der Waals surface area contributed by atoms with E-state index in [2.05, 4.69) is 60.8 Å². The standard InChI is InChI=1S/C20H28BrN5/c1-26(2)19-10-11-23-20(25-19)24-18-8-6-15(7-9-18)13-22-14-16-4-3-5-17(21)12-16/h3-5,10-12,15,18,22H,6-9,13-14H2,1-2H3,(H,23,24,25). The van der Waals surface area contributed by atoms with Crippen LogP contribution in [0.4, 0.5) is 11.8 Å². The summed E-state index contributed by atoms with van der Waals surface area (Å²) in [6.07, 6.45) is 6.67. The van der Waals surface area contributed by atoms with Crippen LogP contribution in [0.3, 0.4) is 0 Å². The van der Waals surface area contributed by atoms with Crippen LogP contribution in [0, 0.1) is 5.92 Å². The molecule has 2 N–H and O–H groups in total. The first kappa shape index (κ1) is 19.1. The Labute approximate surface area is 164 Å². The first-order valence-corrected chi connectivity index (χ1v) is 10.1. The number of halogens is 1. The van der Waals surface area contributed by atoms with Gasteiger partial charge in [0.25, 0.3) is 0 Å². The molecule has 26 heavy (non-hydrogen) atoms. The highest BCUT2D eigenvalue weighted by Crippen LogP contribution is 2.26. The lowest BCUT2D eigenvalue weighted by atomic mass is 9.86. The number of nitrogens with one attached hydrogen (secondary N) is 2. The first-order chi connectivity index (χ1) is 12.6. The molecule has 1 aromatic carbocycles. The fraction of sp³-hybridized carbons (Fsp3) is 0.500. The second kappa shape index (κ2) is 9.33. The lowest BCUT2D eigenvalue weighted by Gasteiger charge is -2.29. The summed E-state index contributed by atoms with van der Waals surface area (Å²) in [5.41, 5.74) is 1.33. The van der Waals surface area contributed by atoms with Gasteiger partial charge in [0.05, 0.1) is 0 Å². The number of hydrogen-bond donors (Lipinski definition) is 2. The van der Waals surface area contributed by atoms with E-state index in [-0.39, 0.29) is 0 Å². The highest BCUT2D eigenvalue weighted by atomic mass is 79.9. The molecular formula is C20H28BrN5. The van der Waals surface area contributed by atoms with Gasteiger partial charge >= 0.3 is 0 Å². The summed E-state index contributed by atoms with van der Waals surface area (Å²) >= 11 is 3.53. The third-order valence-corrected chi connectivity index (χ3v) is 5.42. The number of nitrogens with zero attached hydrogens (tertiary/aromatic N) is 3. The minimum Gasteiger partial charge on any atom is -0.363 e. The predicted octanol–water partition coefficient (Wildman–Crippen LogP) is 4.07. The van der Waals surface area contributed by atoms with Gasteiger partial charge in [-0.15, -0.1) is 0 Å². The molecule has 6 heteroatoms. The van der Waals surface area contributed by atoms with Crippen LogP contribution in [0.5, 0.6) is 0 Å². The second-order valence-corrected chi connectivity index (χ2v) is 8.17. The molecule has 0 bridgehead atoms. The Morgan fingerprint density at radius 2 is 1.96 bits per heavy atom. The Bertz CT molecular complexity index is 698. The lowest BCUT2D eigenvalue weighted by molar-refractivity contribution is 0.323. The van der Waals surface area contributed by atoms with Gasteiger partial charge in [-0.2, -0.15) is 4.98 Å². The quantitative estimate of drug-likeness (QED) is 0.710. The summed E-state index contributed by atoms with van der Waals surface area (Å²) in [5.74, 6) is 2.44. The van der Waals surface area contributed by atoms with Crippen LogP contribution in [0.15, 0.2) is 41.0 Å².